The molecule has 0 spiro atoms. The highest BCUT2D eigenvalue weighted by atomic mass is 79.9. The summed E-state index contributed by atoms with van der Waals surface area (Å²) in [5.41, 5.74) is 2.06. The van der Waals surface area contributed by atoms with Gasteiger partial charge < -0.3 is 4.74 Å². The Morgan fingerprint density at radius 3 is 2.62 bits per heavy atom. The summed E-state index contributed by atoms with van der Waals surface area (Å²) in [6.07, 6.45) is 4.41. The van der Waals surface area contributed by atoms with E-state index in [1.165, 1.54) is 10.5 Å². The normalized spacial score (nSPS) is 16.5. The summed E-state index contributed by atoms with van der Waals surface area (Å²) in [6.45, 7) is 4.53. The van der Waals surface area contributed by atoms with Crippen molar-refractivity contribution in [3.05, 3.63) is 69.0 Å². The lowest BCUT2D eigenvalue weighted by Gasteiger charge is -2.14. The average molecular weight is 474 g/mol. The minimum Gasteiger partial charge on any atom is -0.490 e. The minimum absolute atomic E-state index is 0.129. The Morgan fingerprint density at radius 2 is 1.93 bits per heavy atom. The third-order valence-corrected chi connectivity index (χ3v) is 6.25. The summed E-state index contributed by atoms with van der Waals surface area (Å²) >= 11 is 4.53. The van der Waals surface area contributed by atoms with Crippen molar-refractivity contribution >= 4 is 44.9 Å². The van der Waals surface area contributed by atoms with Crippen molar-refractivity contribution in [3.63, 3.8) is 0 Å². The third kappa shape index (κ3) is 5.73. The number of imide groups is 1. The lowest BCUT2D eigenvalue weighted by Crippen LogP contribution is -2.29. The van der Waals surface area contributed by atoms with Crippen LogP contribution < -0.4 is 4.74 Å². The smallest absolute Gasteiger partial charge is 0.293 e. The third-order valence-electron chi connectivity index (χ3n) is 4.72. The summed E-state index contributed by atoms with van der Waals surface area (Å²) in [7, 11) is 0. The highest BCUT2D eigenvalue weighted by molar-refractivity contribution is 9.10. The molecule has 1 aliphatic heterocycles. The second-order valence-corrected chi connectivity index (χ2v) is 8.80. The molecule has 3 rings (SSSR count). The summed E-state index contributed by atoms with van der Waals surface area (Å²) in [5, 5.41) is -0.204. The molecule has 1 aliphatic rings. The van der Waals surface area contributed by atoms with Crippen molar-refractivity contribution in [2.45, 2.75) is 39.2 Å². The number of nitrogens with zero attached hydrogens (tertiary/aromatic N) is 1. The molecular formula is C23H24BrNO3S. The molecule has 0 unspecified atom stereocenters. The van der Waals surface area contributed by atoms with Crippen LogP contribution in [0.15, 0.2) is 57.9 Å². The quantitative estimate of drug-likeness (QED) is 0.422. The number of thioether (sulfide) groups is 1. The molecule has 0 bridgehead atoms. The lowest BCUT2D eigenvalue weighted by molar-refractivity contribution is -0.122. The molecule has 1 fully saturated rings. The fourth-order valence-electron chi connectivity index (χ4n) is 2.93. The number of rotatable bonds is 8. The molecule has 0 N–H and O–H groups in total. The van der Waals surface area contributed by atoms with Gasteiger partial charge >= 0.3 is 0 Å². The van der Waals surface area contributed by atoms with Gasteiger partial charge in [0, 0.05) is 6.54 Å². The second-order valence-electron chi connectivity index (χ2n) is 6.95. The average Bonchev–Trinajstić information content (AvgIpc) is 2.98. The van der Waals surface area contributed by atoms with Crippen LogP contribution >= 0.6 is 27.7 Å². The van der Waals surface area contributed by atoms with E-state index >= 15 is 0 Å². The minimum atomic E-state index is -0.218. The molecule has 4 nitrogen and oxygen atoms in total. The van der Waals surface area contributed by atoms with Crippen LogP contribution in [-0.2, 0) is 11.2 Å². The maximum atomic E-state index is 12.7. The molecule has 2 aromatic carbocycles. The van der Waals surface area contributed by atoms with E-state index < -0.39 is 0 Å². The highest BCUT2D eigenvalue weighted by Gasteiger charge is 2.34. The van der Waals surface area contributed by atoms with Crippen molar-refractivity contribution < 1.29 is 14.3 Å². The molecule has 0 aromatic heterocycles. The molecule has 0 saturated carbocycles. The van der Waals surface area contributed by atoms with Gasteiger partial charge in [-0.15, -0.1) is 0 Å². The number of hydrogen-bond acceptors (Lipinski definition) is 4. The van der Waals surface area contributed by atoms with Gasteiger partial charge in [-0.25, -0.2) is 0 Å². The number of halogens is 1. The zero-order valence-corrected chi connectivity index (χ0v) is 19.0. The van der Waals surface area contributed by atoms with E-state index in [0.717, 1.165) is 46.8 Å². The molecule has 29 heavy (non-hydrogen) atoms. The number of hydrogen-bond donors (Lipinski definition) is 0. The summed E-state index contributed by atoms with van der Waals surface area (Å²) in [6, 6.07) is 15.8. The number of aryl methyl sites for hydroxylation is 1. The van der Waals surface area contributed by atoms with Crippen LogP contribution in [0.2, 0.25) is 0 Å². The number of ether oxygens (including phenoxy) is 1. The van der Waals surface area contributed by atoms with E-state index in [2.05, 4.69) is 35.0 Å². The van der Waals surface area contributed by atoms with Crippen LogP contribution in [0.4, 0.5) is 4.79 Å². The monoisotopic (exact) mass is 473 g/mol. The Hall–Kier alpha value is -2.05. The van der Waals surface area contributed by atoms with E-state index in [9.17, 15) is 9.59 Å². The van der Waals surface area contributed by atoms with Gasteiger partial charge in [-0.2, -0.15) is 0 Å². The number of benzene rings is 2. The van der Waals surface area contributed by atoms with Gasteiger partial charge in [-0.1, -0.05) is 43.3 Å². The largest absolute Gasteiger partial charge is 0.490 e. The van der Waals surface area contributed by atoms with Crippen molar-refractivity contribution in [3.8, 4) is 5.75 Å². The Bertz CT molecular complexity index is 914. The molecule has 2 amide bonds. The van der Waals surface area contributed by atoms with Crippen molar-refractivity contribution in [2.24, 2.45) is 0 Å². The predicted octanol–water partition coefficient (Wildman–Crippen LogP) is 6.30. The Morgan fingerprint density at radius 1 is 1.17 bits per heavy atom. The van der Waals surface area contributed by atoms with Crippen LogP contribution in [-0.4, -0.2) is 28.7 Å². The van der Waals surface area contributed by atoms with Gasteiger partial charge in [-0.3, -0.25) is 14.5 Å². The highest BCUT2D eigenvalue weighted by Crippen LogP contribution is 2.34. The molecule has 1 saturated heterocycles. The first kappa shape index (κ1) is 21.7. The van der Waals surface area contributed by atoms with Crippen LogP contribution in [0.3, 0.4) is 0 Å². The van der Waals surface area contributed by atoms with Gasteiger partial charge in [0.1, 0.15) is 5.75 Å². The van der Waals surface area contributed by atoms with E-state index in [-0.39, 0.29) is 17.3 Å². The standard InChI is InChI=1S/C23H24BrNO3S/c1-3-16(2)28-20-12-11-18(14-19(20)24)15-21-22(26)25(23(27)29-21)13-7-10-17-8-5-4-6-9-17/h4-6,8-9,11-12,14-16H,3,7,10,13H2,1-2H3/b21-15+/t16-/m1/s1. The summed E-state index contributed by atoms with van der Waals surface area (Å²) in [5.74, 6) is 0.551. The van der Waals surface area contributed by atoms with Gasteiger partial charge in [0.25, 0.3) is 11.1 Å². The number of carbonyl (C=O) groups excluding carboxylic acids is 2. The van der Waals surface area contributed by atoms with Gasteiger partial charge in [0.05, 0.1) is 15.5 Å². The Balaban J connectivity index is 1.64. The lowest BCUT2D eigenvalue weighted by atomic mass is 10.1. The molecule has 1 atom stereocenters. The number of carbonyl (C=O) groups is 2. The van der Waals surface area contributed by atoms with E-state index in [0.29, 0.717) is 11.4 Å². The fraction of sp³-hybridized carbons (Fsp3) is 0.304. The van der Waals surface area contributed by atoms with Crippen LogP contribution in [0.1, 0.15) is 37.8 Å². The summed E-state index contributed by atoms with van der Waals surface area (Å²) < 4.78 is 6.68. The summed E-state index contributed by atoms with van der Waals surface area (Å²) in [4.78, 5) is 26.8. The first-order valence-corrected chi connectivity index (χ1v) is 11.3. The van der Waals surface area contributed by atoms with E-state index in [4.69, 9.17) is 4.74 Å². The van der Waals surface area contributed by atoms with E-state index in [1.54, 1.807) is 6.08 Å². The van der Waals surface area contributed by atoms with E-state index in [1.807, 2.05) is 43.3 Å². The topological polar surface area (TPSA) is 46.6 Å². The maximum Gasteiger partial charge on any atom is 0.293 e. The molecule has 1 heterocycles. The van der Waals surface area contributed by atoms with Crippen LogP contribution in [0.25, 0.3) is 6.08 Å². The molecule has 2 aromatic rings. The molecule has 6 heteroatoms. The molecule has 0 aliphatic carbocycles. The van der Waals surface area contributed by atoms with Crippen LogP contribution in [0.5, 0.6) is 5.75 Å². The SMILES string of the molecule is CC[C@@H](C)Oc1ccc(/C=C2/SC(=O)N(CCCc3ccccc3)C2=O)cc1Br. The Labute approximate surface area is 184 Å². The molecule has 152 valence electrons. The zero-order valence-electron chi connectivity index (χ0n) is 16.6. The van der Waals surface area contributed by atoms with Gasteiger partial charge in [-0.05, 0) is 83.2 Å². The van der Waals surface area contributed by atoms with Gasteiger partial charge in [0.2, 0.25) is 0 Å². The first-order valence-electron chi connectivity index (χ1n) is 9.73. The van der Waals surface area contributed by atoms with Crippen molar-refractivity contribution in [1.29, 1.82) is 0 Å². The maximum absolute atomic E-state index is 12.7. The molecular weight excluding hydrogens is 450 g/mol. The Kier molecular flexibility index (Phi) is 7.56. The van der Waals surface area contributed by atoms with Crippen LogP contribution in [0, 0.1) is 0 Å². The van der Waals surface area contributed by atoms with Gasteiger partial charge in [0.15, 0.2) is 0 Å². The van der Waals surface area contributed by atoms with Crippen molar-refractivity contribution in [1.82, 2.24) is 4.90 Å². The second kappa shape index (κ2) is 10.1. The van der Waals surface area contributed by atoms with Crippen molar-refractivity contribution in [2.75, 3.05) is 6.54 Å². The molecule has 0 radical (unpaired) electrons. The fourth-order valence-corrected chi connectivity index (χ4v) is 4.29. The number of amides is 2. The first-order chi connectivity index (χ1) is 14.0. The predicted molar refractivity (Wildman–Crippen MR) is 122 cm³/mol. The zero-order chi connectivity index (χ0) is 20.8.